The molecule has 0 aliphatic carbocycles. The van der Waals surface area contributed by atoms with Gasteiger partial charge in [-0.2, -0.15) is 11.8 Å². The lowest BCUT2D eigenvalue weighted by molar-refractivity contribution is 0.847. The van der Waals surface area contributed by atoms with E-state index in [-0.39, 0.29) is 6.04 Å². The minimum absolute atomic E-state index is 0.254. The normalized spacial score (nSPS) is 13.2. The van der Waals surface area contributed by atoms with E-state index >= 15 is 0 Å². The second-order valence-corrected chi connectivity index (χ2v) is 5.23. The number of pyridine rings is 1. The summed E-state index contributed by atoms with van der Waals surface area (Å²) in [6.45, 7) is 4.12. The molecule has 0 aliphatic rings. The Morgan fingerprint density at radius 3 is 3.00 bits per heavy atom. The van der Waals surface area contributed by atoms with E-state index in [1.54, 1.807) is 0 Å². The van der Waals surface area contributed by atoms with Crippen molar-refractivity contribution in [3.8, 4) is 0 Å². The van der Waals surface area contributed by atoms with Crippen LogP contribution in [0.4, 0.5) is 0 Å². The van der Waals surface area contributed by atoms with Gasteiger partial charge >= 0.3 is 0 Å². The molecule has 0 fully saturated rings. The fraction of sp³-hybridized carbons (Fsp3) is 0.417. The Morgan fingerprint density at radius 1 is 1.44 bits per heavy atom. The number of thioether (sulfide) groups is 1. The zero-order valence-electron chi connectivity index (χ0n) is 9.68. The predicted molar refractivity (Wildman–Crippen MR) is 69.7 cm³/mol. The first kappa shape index (κ1) is 11.5. The summed E-state index contributed by atoms with van der Waals surface area (Å²) >= 11 is 1.83. The molecule has 2 rings (SSSR count). The molecule has 1 atom stereocenters. The van der Waals surface area contributed by atoms with E-state index in [2.05, 4.69) is 40.8 Å². The van der Waals surface area contributed by atoms with E-state index < -0.39 is 0 Å². The first-order valence-electron chi connectivity index (χ1n) is 5.43. The van der Waals surface area contributed by atoms with Crippen molar-refractivity contribution in [1.82, 2.24) is 9.38 Å². The molecule has 2 N–H and O–H groups in total. The van der Waals surface area contributed by atoms with Gasteiger partial charge in [-0.25, -0.2) is 4.98 Å². The van der Waals surface area contributed by atoms with Crippen LogP contribution in [-0.4, -0.2) is 21.2 Å². The third kappa shape index (κ3) is 2.77. The SMILES string of the molecule is Cc1ccc2nc(CSCC(C)N)cn2c1. The van der Waals surface area contributed by atoms with Crippen molar-refractivity contribution < 1.29 is 0 Å². The first-order chi connectivity index (χ1) is 7.65. The number of aryl methyl sites for hydroxylation is 1. The Morgan fingerprint density at radius 2 is 2.25 bits per heavy atom. The van der Waals surface area contributed by atoms with Crippen LogP contribution < -0.4 is 5.73 Å². The zero-order valence-corrected chi connectivity index (χ0v) is 10.5. The van der Waals surface area contributed by atoms with Gasteiger partial charge in [0.05, 0.1) is 5.69 Å². The summed E-state index contributed by atoms with van der Waals surface area (Å²) in [7, 11) is 0. The van der Waals surface area contributed by atoms with Crippen LogP contribution in [0.15, 0.2) is 24.5 Å². The van der Waals surface area contributed by atoms with Crippen LogP contribution >= 0.6 is 11.8 Å². The molecule has 0 aromatic carbocycles. The summed E-state index contributed by atoms with van der Waals surface area (Å²) in [4.78, 5) is 4.55. The van der Waals surface area contributed by atoms with Crippen molar-refractivity contribution >= 4 is 17.4 Å². The van der Waals surface area contributed by atoms with Crippen molar-refractivity contribution in [2.24, 2.45) is 5.73 Å². The molecule has 86 valence electrons. The van der Waals surface area contributed by atoms with Gasteiger partial charge in [0, 0.05) is 29.9 Å². The molecule has 0 radical (unpaired) electrons. The van der Waals surface area contributed by atoms with Crippen LogP contribution in [0.5, 0.6) is 0 Å². The molecular formula is C12H17N3S. The lowest BCUT2D eigenvalue weighted by Crippen LogP contribution is -2.17. The third-order valence-electron chi connectivity index (χ3n) is 2.28. The second-order valence-electron chi connectivity index (χ2n) is 4.20. The summed E-state index contributed by atoms with van der Waals surface area (Å²) in [5.41, 5.74) is 9.09. The fourth-order valence-corrected chi connectivity index (χ4v) is 2.41. The summed E-state index contributed by atoms with van der Waals surface area (Å²) in [6.07, 6.45) is 4.19. The highest BCUT2D eigenvalue weighted by Crippen LogP contribution is 2.14. The number of imidazole rings is 1. The number of fused-ring (bicyclic) bond motifs is 1. The van der Waals surface area contributed by atoms with Gasteiger partial charge in [0.2, 0.25) is 0 Å². The fourth-order valence-electron chi connectivity index (χ4n) is 1.57. The van der Waals surface area contributed by atoms with Gasteiger partial charge in [-0.05, 0) is 25.5 Å². The summed E-state index contributed by atoms with van der Waals surface area (Å²) in [5, 5.41) is 0. The zero-order chi connectivity index (χ0) is 11.5. The predicted octanol–water partition coefficient (Wildman–Crippen LogP) is 2.22. The van der Waals surface area contributed by atoms with Gasteiger partial charge in [-0.3, -0.25) is 0 Å². The lowest BCUT2D eigenvalue weighted by atomic mass is 10.3. The number of nitrogens with zero attached hydrogens (tertiary/aromatic N) is 2. The monoisotopic (exact) mass is 235 g/mol. The molecule has 0 saturated carbocycles. The molecule has 0 spiro atoms. The Labute approximate surface area is 100 Å². The minimum Gasteiger partial charge on any atom is -0.327 e. The lowest BCUT2D eigenvalue weighted by Gasteiger charge is -2.01. The molecule has 4 heteroatoms. The van der Waals surface area contributed by atoms with E-state index in [1.165, 1.54) is 5.56 Å². The van der Waals surface area contributed by atoms with Crippen LogP contribution in [0.3, 0.4) is 0 Å². The molecule has 3 nitrogen and oxygen atoms in total. The molecule has 16 heavy (non-hydrogen) atoms. The number of hydrogen-bond donors (Lipinski definition) is 1. The Hall–Kier alpha value is -1.00. The average molecular weight is 235 g/mol. The molecule has 0 bridgehead atoms. The van der Waals surface area contributed by atoms with Crippen molar-refractivity contribution in [3.05, 3.63) is 35.8 Å². The largest absolute Gasteiger partial charge is 0.327 e. The van der Waals surface area contributed by atoms with E-state index in [9.17, 15) is 0 Å². The summed E-state index contributed by atoms with van der Waals surface area (Å²) in [5.74, 6) is 1.91. The molecule has 0 amide bonds. The topological polar surface area (TPSA) is 43.3 Å². The van der Waals surface area contributed by atoms with Crippen molar-refractivity contribution in [3.63, 3.8) is 0 Å². The number of hydrogen-bond acceptors (Lipinski definition) is 3. The molecule has 0 saturated heterocycles. The Balaban J connectivity index is 2.08. The van der Waals surface area contributed by atoms with Gasteiger partial charge in [-0.1, -0.05) is 6.07 Å². The minimum atomic E-state index is 0.254. The third-order valence-corrected chi connectivity index (χ3v) is 3.54. The highest BCUT2D eigenvalue weighted by atomic mass is 32.2. The van der Waals surface area contributed by atoms with Crippen molar-refractivity contribution in [1.29, 1.82) is 0 Å². The molecule has 0 aliphatic heterocycles. The van der Waals surface area contributed by atoms with Crippen molar-refractivity contribution in [2.75, 3.05) is 5.75 Å². The summed E-state index contributed by atoms with van der Waals surface area (Å²) < 4.78 is 2.08. The molecular weight excluding hydrogens is 218 g/mol. The molecule has 2 aromatic rings. The number of rotatable bonds is 4. The average Bonchev–Trinajstić information content (AvgIpc) is 2.58. The Kier molecular flexibility index (Phi) is 3.51. The van der Waals surface area contributed by atoms with Gasteiger partial charge < -0.3 is 10.1 Å². The first-order valence-corrected chi connectivity index (χ1v) is 6.58. The smallest absolute Gasteiger partial charge is 0.137 e. The summed E-state index contributed by atoms with van der Waals surface area (Å²) in [6, 6.07) is 4.39. The van der Waals surface area contributed by atoms with Crippen LogP contribution in [0, 0.1) is 6.92 Å². The van der Waals surface area contributed by atoms with E-state index in [1.807, 2.05) is 18.7 Å². The maximum Gasteiger partial charge on any atom is 0.137 e. The number of nitrogens with two attached hydrogens (primary N) is 1. The second kappa shape index (κ2) is 4.89. The van der Waals surface area contributed by atoms with Gasteiger partial charge in [0.15, 0.2) is 0 Å². The molecule has 1 unspecified atom stereocenters. The van der Waals surface area contributed by atoms with Crippen LogP contribution in [-0.2, 0) is 5.75 Å². The standard InChI is InChI=1S/C12H17N3S/c1-9-3-4-12-14-11(6-15(12)5-9)8-16-7-10(2)13/h3-6,10H,7-8,13H2,1-2H3. The van der Waals surface area contributed by atoms with E-state index in [4.69, 9.17) is 5.73 Å². The number of aromatic nitrogens is 2. The maximum absolute atomic E-state index is 5.71. The van der Waals surface area contributed by atoms with E-state index in [0.717, 1.165) is 22.8 Å². The highest BCUT2D eigenvalue weighted by molar-refractivity contribution is 7.98. The van der Waals surface area contributed by atoms with Crippen molar-refractivity contribution in [2.45, 2.75) is 25.6 Å². The Bertz CT molecular complexity index is 476. The quantitative estimate of drug-likeness (QED) is 0.883. The molecule has 2 heterocycles. The van der Waals surface area contributed by atoms with Crippen LogP contribution in [0.25, 0.3) is 5.65 Å². The van der Waals surface area contributed by atoms with Gasteiger partial charge in [-0.15, -0.1) is 0 Å². The van der Waals surface area contributed by atoms with Crippen LogP contribution in [0.1, 0.15) is 18.2 Å². The van der Waals surface area contributed by atoms with E-state index in [0.29, 0.717) is 0 Å². The van der Waals surface area contributed by atoms with Gasteiger partial charge in [0.25, 0.3) is 0 Å². The highest BCUT2D eigenvalue weighted by Gasteiger charge is 2.02. The van der Waals surface area contributed by atoms with Gasteiger partial charge in [0.1, 0.15) is 5.65 Å². The van der Waals surface area contributed by atoms with Crippen LogP contribution in [0.2, 0.25) is 0 Å². The maximum atomic E-state index is 5.71. The molecule has 2 aromatic heterocycles.